The lowest BCUT2D eigenvalue weighted by molar-refractivity contribution is 0.0600. The van der Waals surface area contributed by atoms with Crippen molar-refractivity contribution in [3.05, 3.63) is 35.4 Å². The van der Waals surface area contributed by atoms with Crippen LogP contribution in [0.25, 0.3) is 0 Å². The van der Waals surface area contributed by atoms with Crippen LogP contribution in [0.3, 0.4) is 0 Å². The minimum Gasteiger partial charge on any atom is -0.465 e. The lowest BCUT2D eigenvalue weighted by atomic mass is 9.83. The summed E-state index contributed by atoms with van der Waals surface area (Å²) in [6, 6.07) is 7.20. The summed E-state index contributed by atoms with van der Waals surface area (Å²) in [5.74, 6) is -0.323. The summed E-state index contributed by atoms with van der Waals surface area (Å²) in [6.45, 7) is 6.27. The van der Waals surface area contributed by atoms with Crippen molar-refractivity contribution in [2.75, 3.05) is 7.11 Å². The molecule has 1 atom stereocenters. The maximum atomic E-state index is 11.2. The van der Waals surface area contributed by atoms with E-state index >= 15 is 0 Å². The van der Waals surface area contributed by atoms with Gasteiger partial charge in [0, 0.05) is 6.04 Å². The number of nitrogens with two attached hydrogens (primary N) is 1. The Kier molecular flexibility index (Phi) is 3.70. The minimum absolute atomic E-state index is 0.00673. The molecule has 0 radical (unpaired) electrons. The third-order valence-electron chi connectivity index (χ3n) is 2.62. The lowest BCUT2D eigenvalue weighted by Crippen LogP contribution is -2.26. The van der Waals surface area contributed by atoms with E-state index in [0.29, 0.717) is 5.56 Å². The fourth-order valence-electron chi connectivity index (χ4n) is 1.44. The first-order chi connectivity index (χ1) is 7.36. The second-order valence-corrected chi connectivity index (χ2v) is 4.96. The standard InChI is InChI=1S/C13H19NO2/c1-13(2,3)11(14)9-5-7-10(8-6-9)12(15)16-4/h5-8,11H,14H2,1-4H3/t11-/m0/s1. The number of ether oxygens (including phenoxy) is 1. The molecule has 88 valence electrons. The predicted molar refractivity (Wildman–Crippen MR) is 64.2 cm³/mol. The Morgan fingerprint density at radius 2 is 1.75 bits per heavy atom. The average Bonchev–Trinajstić information content (AvgIpc) is 2.26. The molecule has 0 aliphatic heterocycles. The maximum Gasteiger partial charge on any atom is 0.337 e. The van der Waals surface area contributed by atoms with Gasteiger partial charge in [-0.15, -0.1) is 0 Å². The van der Waals surface area contributed by atoms with E-state index in [2.05, 4.69) is 25.5 Å². The summed E-state index contributed by atoms with van der Waals surface area (Å²) in [7, 11) is 1.37. The van der Waals surface area contributed by atoms with E-state index in [9.17, 15) is 4.79 Å². The van der Waals surface area contributed by atoms with Gasteiger partial charge in [0.15, 0.2) is 0 Å². The molecule has 0 spiro atoms. The highest BCUT2D eigenvalue weighted by atomic mass is 16.5. The molecule has 0 fully saturated rings. The molecular weight excluding hydrogens is 202 g/mol. The first kappa shape index (κ1) is 12.7. The third kappa shape index (κ3) is 2.83. The normalized spacial score (nSPS) is 13.3. The average molecular weight is 221 g/mol. The first-order valence-corrected chi connectivity index (χ1v) is 5.30. The molecule has 0 bridgehead atoms. The van der Waals surface area contributed by atoms with Gasteiger partial charge in [-0.1, -0.05) is 32.9 Å². The molecule has 16 heavy (non-hydrogen) atoms. The number of methoxy groups -OCH3 is 1. The molecule has 3 nitrogen and oxygen atoms in total. The van der Waals surface area contributed by atoms with Crippen molar-refractivity contribution < 1.29 is 9.53 Å². The number of esters is 1. The van der Waals surface area contributed by atoms with Gasteiger partial charge in [-0.25, -0.2) is 4.79 Å². The Balaban J connectivity index is 2.91. The SMILES string of the molecule is COC(=O)c1ccc([C@H](N)C(C)(C)C)cc1. The van der Waals surface area contributed by atoms with Crippen LogP contribution < -0.4 is 5.73 Å². The number of benzene rings is 1. The summed E-state index contributed by atoms with van der Waals surface area (Å²) >= 11 is 0. The first-order valence-electron chi connectivity index (χ1n) is 5.30. The molecule has 0 aliphatic carbocycles. The molecule has 0 heterocycles. The molecule has 3 heteroatoms. The van der Waals surface area contributed by atoms with E-state index in [1.165, 1.54) is 7.11 Å². The smallest absolute Gasteiger partial charge is 0.337 e. The number of carbonyl (C=O) groups excluding carboxylic acids is 1. The Bertz CT molecular complexity index is 363. The second kappa shape index (κ2) is 4.66. The van der Waals surface area contributed by atoms with Gasteiger partial charge in [-0.2, -0.15) is 0 Å². The summed E-state index contributed by atoms with van der Waals surface area (Å²) in [5.41, 5.74) is 7.70. The summed E-state index contributed by atoms with van der Waals surface area (Å²) in [4.78, 5) is 11.2. The molecule has 1 aromatic carbocycles. The Labute approximate surface area is 96.6 Å². The van der Waals surface area contributed by atoms with Gasteiger partial charge >= 0.3 is 5.97 Å². The van der Waals surface area contributed by atoms with E-state index in [0.717, 1.165) is 5.56 Å². The summed E-state index contributed by atoms with van der Waals surface area (Å²) < 4.78 is 4.63. The van der Waals surface area contributed by atoms with Crippen molar-refractivity contribution in [2.24, 2.45) is 11.1 Å². The molecule has 0 aromatic heterocycles. The second-order valence-electron chi connectivity index (χ2n) is 4.96. The Morgan fingerprint density at radius 3 is 2.12 bits per heavy atom. The van der Waals surface area contributed by atoms with Gasteiger partial charge in [-0.05, 0) is 23.1 Å². The van der Waals surface area contributed by atoms with Gasteiger partial charge in [0.1, 0.15) is 0 Å². The monoisotopic (exact) mass is 221 g/mol. The summed E-state index contributed by atoms with van der Waals surface area (Å²) in [6.07, 6.45) is 0. The van der Waals surface area contributed by atoms with E-state index in [1.807, 2.05) is 12.1 Å². The fourth-order valence-corrected chi connectivity index (χ4v) is 1.44. The zero-order valence-corrected chi connectivity index (χ0v) is 10.3. The lowest BCUT2D eigenvalue weighted by Gasteiger charge is -2.27. The van der Waals surface area contributed by atoms with Crippen LogP contribution >= 0.6 is 0 Å². The molecule has 0 saturated heterocycles. The van der Waals surface area contributed by atoms with Gasteiger partial charge in [-0.3, -0.25) is 0 Å². The predicted octanol–water partition coefficient (Wildman–Crippen LogP) is 2.52. The van der Waals surface area contributed by atoms with Crippen LogP contribution in [0.2, 0.25) is 0 Å². The van der Waals surface area contributed by atoms with Crippen LogP contribution in [-0.4, -0.2) is 13.1 Å². The van der Waals surface area contributed by atoms with Crippen molar-refractivity contribution >= 4 is 5.97 Å². The zero-order valence-electron chi connectivity index (χ0n) is 10.3. The van der Waals surface area contributed by atoms with Crippen LogP contribution in [0.15, 0.2) is 24.3 Å². The number of hydrogen-bond donors (Lipinski definition) is 1. The van der Waals surface area contributed by atoms with E-state index in [1.54, 1.807) is 12.1 Å². The van der Waals surface area contributed by atoms with Gasteiger partial charge in [0.05, 0.1) is 12.7 Å². The third-order valence-corrected chi connectivity index (χ3v) is 2.62. The van der Waals surface area contributed by atoms with E-state index in [4.69, 9.17) is 5.73 Å². The van der Waals surface area contributed by atoms with Crippen molar-refractivity contribution in [3.63, 3.8) is 0 Å². The van der Waals surface area contributed by atoms with Crippen LogP contribution in [-0.2, 0) is 4.74 Å². The highest BCUT2D eigenvalue weighted by Crippen LogP contribution is 2.30. The molecule has 0 amide bonds. The van der Waals surface area contributed by atoms with Crippen molar-refractivity contribution in [3.8, 4) is 0 Å². The maximum absolute atomic E-state index is 11.2. The molecule has 0 unspecified atom stereocenters. The Morgan fingerprint density at radius 1 is 1.25 bits per heavy atom. The van der Waals surface area contributed by atoms with Crippen molar-refractivity contribution in [1.82, 2.24) is 0 Å². The van der Waals surface area contributed by atoms with Crippen LogP contribution in [0, 0.1) is 5.41 Å². The van der Waals surface area contributed by atoms with Gasteiger partial charge in [0.2, 0.25) is 0 Å². The minimum atomic E-state index is -0.323. The Hall–Kier alpha value is -1.35. The molecule has 1 aromatic rings. The summed E-state index contributed by atoms with van der Waals surface area (Å²) in [5, 5.41) is 0. The van der Waals surface area contributed by atoms with E-state index < -0.39 is 0 Å². The van der Waals surface area contributed by atoms with E-state index in [-0.39, 0.29) is 17.4 Å². The highest BCUT2D eigenvalue weighted by Gasteiger charge is 2.22. The van der Waals surface area contributed by atoms with Crippen molar-refractivity contribution in [1.29, 1.82) is 0 Å². The van der Waals surface area contributed by atoms with Crippen LogP contribution in [0.1, 0.15) is 42.7 Å². The highest BCUT2D eigenvalue weighted by molar-refractivity contribution is 5.89. The van der Waals surface area contributed by atoms with Gasteiger partial charge in [0.25, 0.3) is 0 Å². The van der Waals surface area contributed by atoms with Crippen LogP contribution in [0.5, 0.6) is 0 Å². The zero-order chi connectivity index (χ0) is 12.3. The number of rotatable bonds is 2. The largest absolute Gasteiger partial charge is 0.465 e. The molecular formula is C13H19NO2. The fraction of sp³-hybridized carbons (Fsp3) is 0.462. The van der Waals surface area contributed by atoms with Gasteiger partial charge < -0.3 is 10.5 Å². The molecule has 1 rings (SSSR count). The topological polar surface area (TPSA) is 52.3 Å². The van der Waals surface area contributed by atoms with Crippen molar-refractivity contribution in [2.45, 2.75) is 26.8 Å². The molecule has 2 N–H and O–H groups in total. The molecule has 0 saturated carbocycles. The number of carbonyl (C=O) groups is 1. The molecule has 0 aliphatic rings. The van der Waals surface area contributed by atoms with Crippen LogP contribution in [0.4, 0.5) is 0 Å². The quantitative estimate of drug-likeness (QED) is 0.781. The number of hydrogen-bond acceptors (Lipinski definition) is 3.